The lowest BCUT2D eigenvalue weighted by Crippen LogP contribution is -2.23. The van der Waals surface area contributed by atoms with Crippen molar-refractivity contribution in [3.05, 3.63) is 83.3 Å². The molecular formula is C24H21FN2O3. The van der Waals surface area contributed by atoms with Gasteiger partial charge in [0.1, 0.15) is 11.5 Å². The monoisotopic (exact) mass is 404 g/mol. The van der Waals surface area contributed by atoms with Gasteiger partial charge in [-0.2, -0.15) is 0 Å². The van der Waals surface area contributed by atoms with Crippen LogP contribution in [0.5, 0.6) is 0 Å². The summed E-state index contributed by atoms with van der Waals surface area (Å²) in [5.41, 5.74) is 7.66. The Labute approximate surface area is 172 Å². The molecule has 0 spiro atoms. The minimum Gasteiger partial charge on any atom is -0.477 e. The summed E-state index contributed by atoms with van der Waals surface area (Å²) in [5.74, 6) is -2.02. The largest absolute Gasteiger partial charge is 0.477 e. The quantitative estimate of drug-likeness (QED) is 0.489. The van der Waals surface area contributed by atoms with Crippen LogP contribution in [0.3, 0.4) is 0 Å². The van der Waals surface area contributed by atoms with Gasteiger partial charge >= 0.3 is 5.97 Å². The van der Waals surface area contributed by atoms with Gasteiger partial charge in [-0.05, 0) is 34.5 Å². The lowest BCUT2D eigenvalue weighted by molar-refractivity contribution is -0.120. The molecule has 3 aromatic carbocycles. The van der Waals surface area contributed by atoms with Gasteiger partial charge in [0.15, 0.2) is 5.78 Å². The Morgan fingerprint density at radius 3 is 2.53 bits per heavy atom. The highest BCUT2D eigenvalue weighted by Crippen LogP contribution is 2.33. The second-order valence-corrected chi connectivity index (χ2v) is 7.25. The van der Waals surface area contributed by atoms with E-state index in [0.717, 1.165) is 16.3 Å². The van der Waals surface area contributed by atoms with E-state index in [0.29, 0.717) is 10.9 Å². The van der Waals surface area contributed by atoms with Crippen molar-refractivity contribution in [2.75, 3.05) is 0 Å². The molecule has 0 aliphatic carbocycles. The van der Waals surface area contributed by atoms with E-state index in [-0.39, 0.29) is 30.0 Å². The van der Waals surface area contributed by atoms with Crippen LogP contribution >= 0.6 is 0 Å². The first-order chi connectivity index (χ1) is 14.4. The normalized spacial score (nSPS) is 12.4. The van der Waals surface area contributed by atoms with E-state index in [2.05, 4.69) is 0 Å². The third-order valence-corrected chi connectivity index (χ3v) is 5.48. The molecule has 30 heavy (non-hydrogen) atoms. The average Bonchev–Trinajstić information content (AvgIpc) is 3.06. The van der Waals surface area contributed by atoms with Crippen molar-refractivity contribution in [2.45, 2.75) is 25.9 Å². The molecule has 1 heterocycles. The smallest absolute Gasteiger partial charge is 0.352 e. The number of nitrogens with two attached hydrogens (primary N) is 1. The number of benzene rings is 3. The Morgan fingerprint density at radius 2 is 1.80 bits per heavy atom. The predicted octanol–water partition coefficient (Wildman–Crippen LogP) is 4.66. The summed E-state index contributed by atoms with van der Waals surface area (Å²) in [6.07, 6.45) is 0.158. The van der Waals surface area contributed by atoms with Crippen LogP contribution in [-0.2, 0) is 11.3 Å². The summed E-state index contributed by atoms with van der Waals surface area (Å²) in [6, 6.07) is 16.6. The standard InChI is InChI=1S/C24H21FN2O3/c1-2-20(28)22(26)21-18-12-16(25)10-11-19(18)27(23(21)24(29)30)13-15-8-5-7-14-6-3-4-9-17(14)15/h3-12,22H,2,13,26H2,1H3,(H,29,30). The highest BCUT2D eigenvalue weighted by Gasteiger charge is 2.29. The number of carbonyl (C=O) groups is 2. The number of fused-ring (bicyclic) bond motifs is 2. The Balaban J connectivity index is 2.01. The highest BCUT2D eigenvalue weighted by atomic mass is 19.1. The molecule has 152 valence electrons. The van der Waals surface area contributed by atoms with Crippen LogP contribution < -0.4 is 5.73 Å². The van der Waals surface area contributed by atoms with Crippen LogP contribution in [-0.4, -0.2) is 21.4 Å². The van der Waals surface area contributed by atoms with Crippen molar-refractivity contribution in [3.8, 4) is 0 Å². The molecule has 0 saturated heterocycles. The Hall–Kier alpha value is -3.51. The molecule has 1 atom stereocenters. The van der Waals surface area contributed by atoms with E-state index in [9.17, 15) is 19.1 Å². The number of hydrogen-bond acceptors (Lipinski definition) is 3. The maximum absolute atomic E-state index is 14.1. The number of aromatic nitrogens is 1. The van der Waals surface area contributed by atoms with Gasteiger partial charge in [-0.3, -0.25) is 4.79 Å². The first kappa shape index (κ1) is 19.8. The fourth-order valence-corrected chi connectivity index (χ4v) is 4.04. The number of halogens is 1. The second-order valence-electron chi connectivity index (χ2n) is 7.25. The SMILES string of the molecule is CCC(=O)C(N)c1c(C(=O)O)n(Cc2cccc3ccccc23)c2ccc(F)cc12. The average molecular weight is 404 g/mol. The number of rotatable bonds is 6. The molecule has 6 heteroatoms. The third kappa shape index (κ3) is 3.25. The summed E-state index contributed by atoms with van der Waals surface area (Å²) in [6.45, 7) is 1.91. The predicted molar refractivity (Wildman–Crippen MR) is 114 cm³/mol. The van der Waals surface area contributed by atoms with Gasteiger partial charge in [-0.15, -0.1) is 0 Å². The maximum atomic E-state index is 14.1. The van der Waals surface area contributed by atoms with Gasteiger partial charge in [0.25, 0.3) is 0 Å². The molecule has 5 nitrogen and oxygen atoms in total. The van der Waals surface area contributed by atoms with E-state index in [4.69, 9.17) is 5.73 Å². The van der Waals surface area contributed by atoms with E-state index >= 15 is 0 Å². The van der Waals surface area contributed by atoms with Gasteiger partial charge < -0.3 is 15.4 Å². The molecule has 0 amide bonds. The highest BCUT2D eigenvalue weighted by molar-refractivity contribution is 6.02. The van der Waals surface area contributed by atoms with Crippen molar-refractivity contribution in [1.29, 1.82) is 0 Å². The molecule has 4 aromatic rings. The van der Waals surface area contributed by atoms with E-state index in [1.807, 2.05) is 42.5 Å². The Kier molecular flexibility index (Phi) is 5.10. The molecule has 4 rings (SSSR count). The molecule has 1 unspecified atom stereocenters. The number of carboxylic acid groups (broad SMARTS) is 1. The van der Waals surface area contributed by atoms with Gasteiger partial charge in [0, 0.05) is 29.4 Å². The molecule has 0 fully saturated rings. The van der Waals surface area contributed by atoms with Crippen LogP contribution in [0, 0.1) is 5.82 Å². The van der Waals surface area contributed by atoms with Crippen molar-refractivity contribution < 1.29 is 19.1 Å². The molecule has 0 saturated carbocycles. The minimum atomic E-state index is -1.21. The number of hydrogen-bond donors (Lipinski definition) is 2. The fourth-order valence-electron chi connectivity index (χ4n) is 4.04. The van der Waals surface area contributed by atoms with Crippen molar-refractivity contribution in [3.63, 3.8) is 0 Å². The Bertz CT molecular complexity index is 1290. The Morgan fingerprint density at radius 1 is 1.07 bits per heavy atom. The number of carbonyl (C=O) groups excluding carboxylic acids is 1. The first-order valence-corrected chi connectivity index (χ1v) is 9.72. The van der Waals surface area contributed by atoms with Crippen LogP contribution in [0.1, 0.15) is 41.0 Å². The zero-order chi connectivity index (χ0) is 21.4. The van der Waals surface area contributed by atoms with Crippen LogP contribution in [0.2, 0.25) is 0 Å². The van der Waals surface area contributed by atoms with Crippen molar-refractivity contribution in [1.82, 2.24) is 4.57 Å². The van der Waals surface area contributed by atoms with Crippen LogP contribution in [0.25, 0.3) is 21.7 Å². The first-order valence-electron chi connectivity index (χ1n) is 9.72. The lowest BCUT2D eigenvalue weighted by atomic mass is 9.98. The zero-order valence-electron chi connectivity index (χ0n) is 16.4. The number of Topliss-reactive ketones (excluding diaryl/α,β-unsaturated/α-hetero) is 1. The molecule has 0 aliphatic heterocycles. The number of ketones is 1. The number of nitrogens with zero attached hydrogens (tertiary/aromatic N) is 1. The summed E-state index contributed by atoms with van der Waals surface area (Å²) in [5, 5.41) is 12.4. The number of carboxylic acids is 1. The summed E-state index contributed by atoms with van der Waals surface area (Å²) >= 11 is 0. The van der Waals surface area contributed by atoms with Gasteiger partial charge in [-0.1, -0.05) is 49.4 Å². The van der Waals surface area contributed by atoms with Crippen LogP contribution in [0.15, 0.2) is 60.7 Å². The van der Waals surface area contributed by atoms with E-state index < -0.39 is 17.8 Å². The third-order valence-electron chi connectivity index (χ3n) is 5.48. The molecule has 0 aliphatic rings. The summed E-state index contributed by atoms with van der Waals surface area (Å²) in [7, 11) is 0. The molecule has 0 bridgehead atoms. The number of aromatic carboxylic acids is 1. The lowest BCUT2D eigenvalue weighted by Gasteiger charge is -2.13. The summed E-state index contributed by atoms with van der Waals surface area (Å²) < 4.78 is 15.7. The minimum absolute atomic E-state index is 0.0853. The van der Waals surface area contributed by atoms with Gasteiger partial charge in [0.05, 0.1) is 6.04 Å². The zero-order valence-corrected chi connectivity index (χ0v) is 16.4. The molecule has 1 aromatic heterocycles. The van der Waals surface area contributed by atoms with Gasteiger partial charge in [0.2, 0.25) is 0 Å². The van der Waals surface area contributed by atoms with E-state index in [1.165, 1.54) is 18.2 Å². The fraction of sp³-hybridized carbons (Fsp3) is 0.167. The molecule has 0 radical (unpaired) electrons. The van der Waals surface area contributed by atoms with E-state index in [1.54, 1.807) is 11.5 Å². The van der Waals surface area contributed by atoms with Crippen molar-refractivity contribution >= 4 is 33.4 Å². The second kappa shape index (κ2) is 7.72. The van der Waals surface area contributed by atoms with Gasteiger partial charge in [-0.25, -0.2) is 9.18 Å². The maximum Gasteiger partial charge on any atom is 0.352 e. The topological polar surface area (TPSA) is 85.3 Å². The van der Waals surface area contributed by atoms with Crippen LogP contribution in [0.4, 0.5) is 4.39 Å². The summed E-state index contributed by atoms with van der Waals surface area (Å²) in [4.78, 5) is 24.6. The molecular weight excluding hydrogens is 383 g/mol. The van der Waals surface area contributed by atoms with Crippen molar-refractivity contribution in [2.24, 2.45) is 5.73 Å². The molecule has 3 N–H and O–H groups in total.